The van der Waals surface area contributed by atoms with E-state index in [0.29, 0.717) is 30.8 Å². The summed E-state index contributed by atoms with van der Waals surface area (Å²) in [7, 11) is -4.05. The Labute approximate surface area is 209 Å². The lowest BCUT2D eigenvalue weighted by atomic mass is 10.2. The van der Waals surface area contributed by atoms with Gasteiger partial charge in [-0.2, -0.15) is 8.42 Å². The average Bonchev–Trinajstić information content (AvgIpc) is 3.10. The first kappa shape index (κ1) is 23.6. The molecule has 3 aromatic carbocycles. The molecule has 3 aromatic rings. The number of thioether (sulfide) groups is 1. The molecule has 0 radical (unpaired) electrons. The van der Waals surface area contributed by atoms with Crippen LogP contribution in [0.2, 0.25) is 5.02 Å². The van der Waals surface area contributed by atoms with E-state index in [1.807, 2.05) is 6.92 Å². The zero-order chi connectivity index (χ0) is 23.6. The first-order chi connectivity index (χ1) is 15.7. The second-order valence-corrected chi connectivity index (χ2v) is 10.9. The molecule has 1 saturated heterocycles. The number of hydrogen-bond donors (Lipinski definition) is 1. The number of carbonyl (C=O) groups is 1. The number of benzene rings is 3. The molecule has 0 saturated carbocycles. The quantitative estimate of drug-likeness (QED) is 0.301. The number of hydrogen-bond acceptors (Lipinski definition) is 6. The summed E-state index contributed by atoms with van der Waals surface area (Å²) in [5.74, 6) is -0.247. The monoisotopic (exact) mass is 562 g/mol. The van der Waals surface area contributed by atoms with Crippen LogP contribution in [0.25, 0.3) is 6.08 Å². The third-order valence-corrected chi connectivity index (χ3v) is 7.38. The summed E-state index contributed by atoms with van der Waals surface area (Å²) < 4.78 is 31.6. The van der Waals surface area contributed by atoms with E-state index in [1.165, 1.54) is 18.2 Å². The Morgan fingerprint density at radius 2 is 1.76 bits per heavy atom. The van der Waals surface area contributed by atoms with E-state index < -0.39 is 10.1 Å². The van der Waals surface area contributed by atoms with Gasteiger partial charge in [-0.25, -0.2) is 4.99 Å². The third kappa shape index (κ3) is 5.86. The first-order valence-electron chi connectivity index (χ1n) is 9.55. The number of nitrogens with one attached hydrogen (secondary N) is 1. The SMILES string of the molecule is Cc1ccc(S(=O)(=O)Oc2ccc(Br)cc2/C=C2/SC(=Nc3ccc(Cl)cc3)NC2=O)cc1. The van der Waals surface area contributed by atoms with Crippen molar-refractivity contribution in [3.8, 4) is 5.75 Å². The molecule has 1 aliphatic heterocycles. The fourth-order valence-electron chi connectivity index (χ4n) is 2.83. The van der Waals surface area contributed by atoms with E-state index >= 15 is 0 Å². The summed E-state index contributed by atoms with van der Waals surface area (Å²) in [6.07, 6.45) is 1.56. The molecule has 1 amide bonds. The number of carbonyl (C=O) groups excluding carboxylic acids is 1. The Bertz CT molecular complexity index is 1390. The number of aryl methyl sites for hydroxylation is 1. The van der Waals surface area contributed by atoms with E-state index in [2.05, 4.69) is 26.2 Å². The summed E-state index contributed by atoms with van der Waals surface area (Å²) in [4.78, 5) is 17.3. The van der Waals surface area contributed by atoms with E-state index in [9.17, 15) is 13.2 Å². The largest absolute Gasteiger partial charge is 0.378 e. The highest BCUT2D eigenvalue weighted by molar-refractivity contribution is 9.10. The van der Waals surface area contributed by atoms with Crippen molar-refractivity contribution in [1.29, 1.82) is 0 Å². The van der Waals surface area contributed by atoms with Crippen molar-refractivity contribution >= 4 is 72.2 Å². The van der Waals surface area contributed by atoms with Gasteiger partial charge >= 0.3 is 10.1 Å². The molecule has 1 heterocycles. The molecule has 4 rings (SSSR count). The van der Waals surface area contributed by atoms with Crippen molar-refractivity contribution in [2.45, 2.75) is 11.8 Å². The van der Waals surface area contributed by atoms with Crippen LogP contribution in [-0.4, -0.2) is 19.5 Å². The van der Waals surface area contributed by atoms with E-state index in [0.717, 1.165) is 17.3 Å². The highest BCUT2D eigenvalue weighted by atomic mass is 79.9. The molecule has 0 unspecified atom stereocenters. The van der Waals surface area contributed by atoms with Crippen LogP contribution in [0.5, 0.6) is 5.75 Å². The molecule has 0 spiro atoms. The van der Waals surface area contributed by atoms with Crippen molar-refractivity contribution in [3.63, 3.8) is 0 Å². The van der Waals surface area contributed by atoms with Gasteiger partial charge in [0.1, 0.15) is 10.6 Å². The van der Waals surface area contributed by atoms with Gasteiger partial charge in [0.25, 0.3) is 5.91 Å². The Hall–Kier alpha value is -2.59. The predicted molar refractivity (Wildman–Crippen MR) is 135 cm³/mol. The second kappa shape index (κ2) is 9.72. The molecular weight excluding hydrogens is 548 g/mol. The highest BCUT2D eigenvalue weighted by Crippen LogP contribution is 2.33. The summed E-state index contributed by atoms with van der Waals surface area (Å²) in [6, 6.07) is 18.1. The summed E-state index contributed by atoms with van der Waals surface area (Å²) >= 11 is 10.4. The number of amidine groups is 1. The number of amides is 1. The summed E-state index contributed by atoms with van der Waals surface area (Å²) in [5.41, 5.74) is 1.99. The van der Waals surface area contributed by atoms with E-state index in [-0.39, 0.29) is 16.6 Å². The molecule has 168 valence electrons. The first-order valence-corrected chi connectivity index (χ1v) is 12.9. The Morgan fingerprint density at radius 1 is 1.06 bits per heavy atom. The van der Waals surface area contributed by atoms with Crippen molar-refractivity contribution in [2.75, 3.05) is 0 Å². The van der Waals surface area contributed by atoms with Gasteiger partial charge in [-0.3, -0.25) is 4.79 Å². The normalized spacial score (nSPS) is 16.3. The lowest BCUT2D eigenvalue weighted by Gasteiger charge is -2.10. The van der Waals surface area contributed by atoms with Crippen molar-refractivity contribution < 1.29 is 17.4 Å². The van der Waals surface area contributed by atoms with Gasteiger partial charge in [-0.15, -0.1) is 0 Å². The molecule has 0 atom stereocenters. The highest BCUT2D eigenvalue weighted by Gasteiger charge is 2.25. The van der Waals surface area contributed by atoms with Crippen LogP contribution in [0, 0.1) is 6.92 Å². The van der Waals surface area contributed by atoms with Crippen LogP contribution in [0.1, 0.15) is 11.1 Å². The topological polar surface area (TPSA) is 84.8 Å². The summed E-state index contributed by atoms with van der Waals surface area (Å²) in [6.45, 7) is 1.87. The molecule has 33 heavy (non-hydrogen) atoms. The second-order valence-electron chi connectivity index (χ2n) is 6.99. The Morgan fingerprint density at radius 3 is 2.45 bits per heavy atom. The van der Waals surface area contributed by atoms with E-state index in [1.54, 1.807) is 54.6 Å². The third-order valence-electron chi connectivity index (χ3n) is 4.48. The standard InChI is InChI=1S/C23H16BrClN2O4S2/c1-14-2-9-19(10-3-14)33(29,30)31-20-11-4-16(24)12-15(20)13-21-22(28)27-23(32-21)26-18-7-5-17(25)6-8-18/h2-13H,1H3,(H,26,27,28)/b21-13+. The molecule has 0 aliphatic carbocycles. The van der Waals surface area contributed by atoms with Crippen molar-refractivity contribution in [3.05, 3.63) is 92.3 Å². The van der Waals surface area contributed by atoms with Crippen LogP contribution in [0.15, 0.2) is 86.0 Å². The summed E-state index contributed by atoms with van der Waals surface area (Å²) in [5, 5.41) is 3.69. The lowest BCUT2D eigenvalue weighted by molar-refractivity contribution is -0.115. The molecule has 6 nitrogen and oxygen atoms in total. The maximum atomic E-state index is 12.8. The van der Waals surface area contributed by atoms with Crippen LogP contribution in [0.4, 0.5) is 5.69 Å². The molecule has 1 fully saturated rings. The van der Waals surface area contributed by atoms with Gasteiger partial charge in [0.15, 0.2) is 5.17 Å². The molecule has 1 aliphatic rings. The predicted octanol–water partition coefficient (Wildman–Crippen LogP) is 6.07. The maximum Gasteiger partial charge on any atom is 0.339 e. The zero-order valence-corrected chi connectivity index (χ0v) is 21.1. The number of nitrogens with zero attached hydrogens (tertiary/aromatic N) is 1. The lowest BCUT2D eigenvalue weighted by Crippen LogP contribution is -2.19. The molecular formula is C23H16BrClN2O4S2. The fourth-order valence-corrected chi connectivity index (χ4v) is 5.13. The van der Waals surface area contributed by atoms with Crippen LogP contribution in [-0.2, 0) is 14.9 Å². The van der Waals surface area contributed by atoms with Crippen LogP contribution < -0.4 is 9.50 Å². The number of halogens is 2. The van der Waals surface area contributed by atoms with Gasteiger partial charge < -0.3 is 9.50 Å². The van der Waals surface area contributed by atoms with Crippen LogP contribution in [0.3, 0.4) is 0 Å². The van der Waals surface area contributed by atoms with Crippen LogP contribution >= 0.6 is 39.3 Å². The number of aliphatic imine (C=N–C) groups is 1. The van der Waals surface area contributed by atoms with Gasteiger partial charge in [0, 0.05) is 15.1 Å². The van der Waals surface area contributed by atoms with Gasteiger partial charge in [0.2, 0.25) is 0 Å². The Balaban J connectivity index is 1.63. The average molecular weight is 564 g/mol. The van der Waals surface area contributed by atoms with Gasteiger partial charge in [-0.05, 0) is 79.4 Å². The minimum atomic E-state index is -4.05. The van der Waals surface area contributed by atoms with Gasteiger partial charge in [-0.1, -0.05) is 45.2 Å². The zero-order valence-electron chi connectivity index (χ0n) is 17.1. The Kier molecular flexibility index (Phi) is 6.94. The molecule has 1 N–H and O–H groups in total. The fraction of sp³-hybridized carbons (Fsp3) is 0.0435. The molecule has 0 bridgehead atoms. The smallest absolute Gasteiger partial charge is 0.339 e. The van der Waals surface area contributed by atoms with Crippen molar-refractivity contribution in [2.24, 2.45) is 4.99 Å². The maximum absolute atomic E-state index is 12.8. The molecule has 10 heteroatoms. The van der Waals surface area contributed by atoms with Crippen molar-refractivity contribution in [1.82, 2.24) is 5.32 Å². The van der Waals surface area contributed by atoms with Gasteiger partial charge in [0.05, 0.1) is 10.6 Å². The number of rotatable bonds is 5. The minimum Gasteiger partial charge on any atom is -0.378 e. The minimum absolute atomic E-state index is 0.0417. The van der Waals surface area contributed by atoms with E-state index in [4.69, 9.17) is 15.8 Å². The molecule has 0 aromatic heterocycles.